The van der Waals surface area contributed by atoms with E-state index in [2.05, 4.69) is 37.3 Å². The minimum absolute atomic E-state index is 0.494. The first-order chi connectivity index (χ1) is 7.38. The van der Waals surface area contributed by atoms with Crippen LogP contribution in [-0.2, 0) is 11.3 Å². The highest BCUT2D eigenvalue weighted by molar-refractivity contribution is 5.13. The molecule has 0 amide bonds. The van der Waals surface area contributed by atoms with E-state index in [0.29, 0.717) is 6.10 Å². The average molecular weight is 206 g/mol. The standard InChI is InChI=1S/C13H19NO/c1-2-15-13-8-9-14(11-13)10-12-6-4-3-5-7-12/h3-7,13H,2,8-11H2,1H3/p+1/t13-/m0/s1. The lowest BCUT2D eigenvalue weighted by Gasteiger charge is -2.13. The van der Waals surface area contributed by atoms with Crippen LogP contribution >= 0.6 is 0 Å². The van der Waals surface area contributed by atoms with Crippen molar-refractivity contribution in [2.45, 2.75) is 26.0 Å². The maximum atomic E-state index is 5.65. The lowest BCUT2D eigenvalue weighted by Crippen LogP contribution is -3.09. The maximum absolute atomic E-state index is 5.65. The van der Waals surface area contributed by atoms with Crippen LogP contribution in [0, 0.1) is 0 Å². The number of nitrogens with one attached hydrogen (secondary N) is 1. The van der Waals surface area contributed by atoms with Gasteiger partial charge < -0.3 is 9.64 Å². The lowest BCUT2D eigenvalue weighted by atomic mass is 10.2. The molecule has 2 nitrogen and oxygen atoms in total. The molecule has 0 bridgehead atoms. The van der Waals surface area contributed by atoms with Gasteiger partial charge in [0.1, 0.15) is 19.2 Å². The van der Waals surface area contributed by atoms with Crippen LogP contribution in [0.2, 0.25) is 0 Å². The molecule has 1 aromatic rings. The van der Waals surface area contributed by atoms with Crippen molar-refractivity contribution in [3.63, 3.8) is 0 Å². The highest BCUT2D eigenvalue weighted by Crippen LogP contribution is 2.01. The third kappa shape index (κ3) is 3.05. The largest absolute Gasteiger partial charge is 0.372 e. The number of benzene rings is 1. The molecule has 0 spiro atoms. The molecule has 1 heterocycles. The fraction of sp³-hybridized carbons (Fsp3) is 0.538. The molecule has 1 aliphatic rings. The lowest BCUT2D eigenvalue weighted by molar-refractivity contribution is -0.902. The number of likely N-dealkylation sites (tertiary alicyclic amines) is 1. The van der Waals surface area contributed by atoms with Gasteiger partial charge in [-0.25, -0.2) is 0 Å². The molecule has 1 N–H and O–H groups in total. The highest BCUT2D eigenvalue weighted by Gasteiger charge is 2.26. The van der Waals surface area contributed by atoms with Crippen LogP contribution in [-0.4, -0.2) is 25.8 Å². The molecule has 0 aliphatic carbocycles. The molecule has 2 rings (SSSR count). The third-order valence-corrected chi connectivity index (χ3v) is 3.04. The normalized spacial score (nSPS) is 25.7. The summed E-state index contributed by atoms with van der Waals surface area (Å²) in [5, 5.41) is 0. The second-order valence-corrected chi connectivity index (χ2v) is 4.23. The van der Waals surface area contributed by atoms with Crippen LogP contribution in [0.4, 0.5) is 0 Å². The van der Waals surface area contributed by atoms with Crippen LogP contribution in [0.5, 0.6) is 0 Å². The molecule has 0 radical (unpaired) electrons. The minimum Gasteiger partial charge on any atom is -0.372 e. The molecule has 2 atom stereocenters. The van der Waals surface area contributed by atoms with E-state index >= 15 is 0 Å². The number of rotatable bonds is 4. The first-order valence-electron chi connectivity index (χ1n) is 5.87. The minimum atomic E-state index is 0.494. The van der Waals surface area contributed by atoms with Crippen molar-refractivity contribution in [2.24, 2.45) is 0 Å². The van der Waals surface area contributed by atoms with Gasteiger partial charge in [-0.05, 0) is 6.92 Å². The van der Waals surface area contributed by atoms with Crippen molar-refractivity contribution >= 4 is 0 Å². The summed E-state index contributed by atoms with van der Waals surface area (Å²) in [4.78, 5) is 1.65. The van der Waals surface area contributed by atoms with E-state index in [4.69, 9.17) is 4.74 Å². The molecule has 2 heteroatoms. The van der Waals surface area contributed by atoms with Gasteiger partial charge in [-0.2, -0.15) is 0 Å². The Kier molecular flexibility index (Phi) is 3.75. The van der Waals surface area contributed by atoms with Crippen LogP contribution in [0.15, 0.2) is 30.3 Å². The van der Waals surface area contributed by atoms with Gasteiger partial charge in [0, 0.05) is 18.6 Å². The summed E-state index contributed by atoms with van der Waals surface area (Å²) < 4.78 is 5.65. The molecule has 82 valence electrons. The summed E-state index contributed by atoms with van der Waals surface area (Å²) in [6.45, 7) is 6.49. The van der Waals surface area contributed by atoms with Crippen molar-refractivity contribution < 1.29 is 9.64 Å². The zero-order chi connectivity index (χ0) is 10.5. The number of ether oxygens (including phenoxy) is 1. The average Bonchev–Trinajstić information content (AvgIpc) is 2.68. The number of hydrogen-bond acceptors (Lipinski definition) is 1. The molecule has 1 aromatic carbocycles. The summed E-state index contributed by atoms with van der Waals surface area (Å²) in [6, 6.07) is 10.7. The smallest absolute Gasteiger partial charge is 0.112 e. The van der Waals surface area contributed by atoms with Gasteiger partial charge in [0.2, 0.25) is 0 Å². The molecule has 1 aliphatic heterocycles. The Hall–Kier alpha value is -0.860. The molecule has 1 unspecified atom stereocenters. The van der Waals surface area contributed by atoms with Crippen LogP contribution in [0.1, 0.15) is 18.9 Å². The summed E-state index contributed by atoms with van der Waals surface area (Å²) in [7, 11) is 0. The SMILES string of the molecule is CCO[C@H]1CC[NH+](Cc2ccccc2)C1. The summed E-state index contributed by atoms with van der Waals surface area (Å²) >= 11 is 0. The third-order valence-electron chi connectivity index (χ3n) is 3.04. The van der Waals surface area contributed by atoms with Crippen molar-refractivity contribution in [3.8, 4) is 0 Å². The van der Waals surface area contributed by atoms with E-state index in [-0.39, 0.29) is 0 Å². The predicted octanol–water partition coefficient (Wildman–Crippen LogP) is 0.880. The second-order valence-electron chi connectivity index (χ2n) is 4.23. The molecule has 15 heavy (non-hydrogen) atoms. The molecule has 1 fully saturated rings. The Labute approximate surface area is 91.9 Å². The molecule has 1 saturated heterocycles. The monoisotopic (exact) mass is 206 g/mol. The van der Waals surface area contributed by atoms with E-state index in [1.54, 1.807) is 4.90 Å². The highest BCUT2D eigenvalue weighted by atomic mass is 16.5. The first kappa shape index (κ1) is 10.7. The van der Waals surface area contributed by atoms with E-state index in [0.717, 1.165) is 13.2 Å². The van der Waals surface area contributed by atoms with Crippen LogP contribution in [0.3, 0.4) is 0 Å². The van der Waals surface area contributed by atoms with E-state index < -0.39 is 0 Å². The van der Waals surface area contributed by atoms with Gasteiger partial charge >= 0.3 is 0 Å². The second kappa shape index (κ2) is 5.29. The van der Waals surface area contributed by atoms with Gasteiger partial charge in [-0.1, -0.05) is 30.3 Å². The number of quaternary nitrogens is 1. The fourth-order valence-electron chi connectivity index (χ4n) is 2.31. The Morgan fingerprint density at radius 3 is 2.87 bits per heavy atom. The van der Waals surface area contributed by atoms with Gasteiger partial charge in [0.25, 0.3) is 0 Å². The Morgan fingerprint density at radius 2 is 2.13 bits per heavy atom. The van der Waals surface area contributed by atoms with Gasteiger partial charge in [0.15, 0.2) is 0 Å². The first-order valence-corrected chi connectivity index (χ1v) is 5.87. The van der Waals surface area contributed by atoms with Gasteiger partial charge in [0.05, 0.1) is 6.54 Å². The molecular formula is C13H20NO+. The van der Waals surface area contributed by atoms with Gasteiger partial charge in [-0.3, -0.25) is 0 Å². The van der Waals surface area contributed by atoms with E-state index in [9.17, 15) is 0 Å². The van der Waals surface area contributed by atoms with E-state index in [1.165, 1.54) is 25.1 Å². The molecular weight excluding hydrogens is 186 g/mol. The number of hydrogen-bond donors (Lipinski definition) is 1. The predicted molar refractivity (Wildman–Crippen MR) is 60.9 cm³/mol. The van der Waals surface area contributed by atoms with Crippen molar-refractivity contribution in [2.75, 3.05) is 19.7 Å². The Morgan fingerprint density at radius 1 is 1.33 bits per heavy atom. The maximum Gasteiger partial charge on any atom is 0.112 e. The van der Waals surface area contributed by atoms with Crippen molar-refractivity contribution in [3.05, 3.63) is 35.9 Å². The molecule has 0 aromatic heterocycles. The Bertz CT molecular complexity index is 286. The zero-order valence-electron chi connectivity index (χ0n) is 9.41. The summed E-state index contributed by atoms with van der Waals surface area (Å²) in [6.07, 6.45) is 1.71. The van der Waals surface area contributed by atoms with Crippen LogP contribution < -0.4 is 4.90 Å². The molecule has 0 saturated carbocycles. The summed E-state index contributed by atoms with van der Waals surface area (Å²) in [5.41, 5.74) is 1.43. The summed E-state index contributed by atoms with van der Waals surface area (Å²) in [5.74, 6) is 0. The zero-order valence-corrected chi connectivity index (χ0v) is 9.41. The topological polar surface area (TPSA) is 13.7 Å². The van der Waals surface area contributed by atoms with Gasteiger partial charge in [-0.15, -0.1) is 0 Å². The van der Waals surface area contributed by atoms with Crippen molar-refractivity contribution in [1.82, 2.24) is 0 Å². The van der Waals surface area contributed by atoms with E-state index in [1.807, 2.05) is 0 Å². The van der Waals surface area contributed by atoms with Crippen LogP contribution in [0.25, 0.3) is 0 Å². The fourth-order valence-corrected chi connectivity index (χ4v) is 2.31. The Balaban J connectivity index is 1.82. The van der Waals surface area contributed by atoms with Crippen molar-refractivity contribution in [1.29, 1.82) is 0 Å². The quantitative estimate of drug-likeness (QED) is 0.772.